The number of hydrogen-bond donors (Lipinski definition) is 1. The molecule has 1 atom stereocenters. The van der Waals surface area contributed by atoms with E-state index in [9.17, 15) is 0 Å². The van der Waals surface area contributed by atoms with Crippen molar-refractivity contribution in [3.05, 3.63) is 18.2 Å². The minimum atomic E-state index is 0.678. The monoisotopic (exact) mass is 477 g/mol. The molecule has 25 heavy (non-hydrogen) atoms. The SMILES string of the molecule is BrCCCCCCCCCCCCCCC(CCCBr)c1[nH]cc[nH+]1. The smallest absolute Gasteiger partial charge is 0.247 e. The average molecular weight is 479 g/mol. The van der Waals surface area contributed by atoms with Gasteiger partial charge in [0.2, 0.25) is 0 Å². The summed E-state index contributed by atoms with van der Waals surface area (Å²) in [5.74, 6) is 1.99. The van der Waals surface area contributed by atoms with Gasteiger partial charge < -0.3 is 0 Å². The van der Waals surface area contributed by atoms with Gasteiger partial charge in [-0.3, -0.25) is 0 Å². The number of nitrogens with one attached hydrogen (secondary N) is 2. The lowest BCUT2D eigenvalue weighted by Gasteiger charge is -2.10. The molecule has 2 nitrogen and oxygen atoms in total. The highest BCUT2D eigenvalue weighted by molar-refractivity contribution is 9.09. The molecule has 0 radical (unpaired) electrons. The zero-order valence-electron chi connectivity index (χ0n) is 16.0. The second-order valence-corrected chi connectivity index (χ2v) is 8.87. The van der Waals surface area contributed by atoms with Gasteiger partial charge in [0.15, 0.2) is 0 Å². The number of H-pyrrole nitrogens is 2. The van der Waals surface area contributed by atoms with Gasteiger partial charge in [0.1, 0.15) is 12.4 Å². The molecule has 0 bridgehead atoms. The van der Waals surface area contributed by atoms with Crippen LogP contribution in [-0.2, 0) is 0 Å². The summed E-state index contributed by atoms with van der Waals surface area (Å²) >= 11 is 7.06. The Kier molecular flexibility index (Phi) is 16.3. The fourth-order valence-corrected chi connectivity index (χ4v) is 4.27. The summed E-state index contributed by atoms with van der Waals surface area (Å²) in [5, 5.41) is 2.29. The molecule has 0 aliphatic rings. The number of rotatable bonds is 18. The van der Waals surface area contributed by atoms with Gasteiger partial charge in [0, 0.05) is 10.7 Å². The van der Waals surface area contributed by atoms with E-state index in [4.69, 9.17) is 0 Å². The predicted octanol–water partition coefficient (Wildman–Crippen LogP) is 7.55. The minimum Gasteiger partial charge on any atom is -0.247 e. The lowest BCUT2D eigenvalue weighted by atomic mass is 9.95. The van der Waals surface area contributed by atoms with Gasteiger partial charge in [-0.05, 0) is 25.7 Å². The molecule has 0 saturated heterocycles. The highest BCUT2D eigenvalue weighted by Gasteiger charge is 2.17. The Labute approximate surface area is 172 Å². The van der Waals surface area contributed by atoms with Gasteiger partial charge in [0.05, 0.1) is 5.92 Å². The van der Waals surface area contributed by atoms with Crippen LogP contribution in [0.1, 0.15) is 108 Å². The molecule has 1 rings (SSSR count). The Morgan fingerprint density at radius 1 is 0.680 bits per heavy atom. The van der Waals surface area contributed by atoms with Crippen LogP contribution in [0.4, 0.5) is 0 Å². The van der Waals surface area contributed by atoms with Gasteiger partial charge in [-0.2, -0.15) is 0 Å². The summed E-state index contributed by atoms with van der Waals surface area (Å²) in [6.07, 6.45) is 24.9. The maximum atomic E-state index is 3.56. The molecule has 0 aliphatic carbocycles. The van der Waals surface area contributed by atoms with Gasteiger partial charge in [0.25, 0.3) is 5.82 Å². The zero-order chi connectivity index (χ0) is 18.0. The zero-order valence-corrected chi connectivity index (χ0v) is 19.2. The first kappa shape index (κ1) is 23.2. The molecule has 0 spiro atoms. The molecule has 1 aromatic rings. The van der Waals surface area contributed by atoms with Crippen LogP contribution in [-0.4, -0.2) is 15.6 Å². The normalized spacial score (nSPS) is 12.6. The van der Waals surface area contributed by atoms with Crippen molar-refractivity contribution in [1.29, 1.82) is 0 Å². The highest BCUT2D eigenvalue weighted by atomic mass is 79.9. The average Bonchev–Trinajstić information content (AvgIpc) is 3.16. The number of unbranched alkanes of at least 4 members (excludes halogenated alkanes) is 11. The standard InChI is InChI=1S/C21H38Br2N2/c22-16-12-10-8-6-4-2-1-3-5-7-9-11-14-20(15-13-17-23)21-24-18-19-25-21/h18-20H,1-17H2,(H,24,25)/p+1. The molecule has 0 aromatic carbocycles. The summed E-state index contributed by atoms with van der Waals surface area (Å²) in [6, 6.07) is 0. The highest BCUT2D eigenvalue weighted by Crippen LogP contribution is 2.24. The van der Waals surface area contributed by atoms with E-state index in [1.807, 2.05) is 12.4 Å². The summed E-state index contributed by atoms with van der Waals surface area (Å²) in [6.45, 7) is 0. The van der Waals surface area contributed by atoms with Crippen molar-refractivity contribution >= 4 is 31.9 Å². The van der Waals surface area contributed by atoms with Gasteiger partial charge >= 0.3 is 0 Å². The van der Waals surface area contributed by atoms with Crippen LogP contribution in [0.2, 0.25) is 0 Å². The molecular weight excluding hydrogens is 440 g/mol. The van der Waals surface area contributed by atoms with Gasteiger partial charge in [-0.25, -0.2) is 9.97 Å². The van der Waals surface area contributed by atoms with E-state index in [-0.39, 0.29) is 0 Å². The Bertz CT molecular complexity index is 368. The third-order valence-corrected chi connectivity index (χ3v) is 6.21. The number of halogens is 2. The molecule has 4 heteroatoms. The summed E-state index contributed by atoms with van der Waals surface area (Å²) < 4.78 is 0. The fraction of sp³-hybridized carbons (Fsp3) is 0.857. The van der Waals surface area contributed by atoms with Crippen LogP contribution < -0.4 is 4.98 Å². The van der Waals surface area contributed by atoms with E-state index in [1.54, 1.807) is 0 Å². The van der Waals surface area contributed by atoms with Crippen molar-refractivity contribution in [3.63, 3.8) is 0 Å². The Morgan fingerprint density at radius 3 is 1.64 bits per heavy atom. The maximum absolute atomic E-state index is 3.56. The summed E-state index contributed by atoms with van der Waals surface area (Å²) in [7, 11) is 0. The molecule has 0 aliphatic heterocycles. The molecule has 0 fully saturated rings. The molecular formula is C21H39Br2N2+. The van der Waals surface area contributed by atoms with Crippen LogP contribution >= 0.6 is 31.9 Å². The molecule has 0 saturated carbocycles. The molecule has 1 unspecified atom stereocenters. The van der Waals surface area contributed by atoms with Crippen molar-refractivity contribution in [2.24, 2.45) is 0 Å². The van der Waals surface area contributed by atoms with Gasteiger partial charge in [-0.1, -0.05) is 102 Å². The number of aromatic nitrogens is 2. The van der Waals surface area contributed by atoms with Crippen LogP contribution in [0, 0.1) is 0 Å². The Balaban J connectivity index is 1.91. The summed E-state index contributed by atoms with van der Waals surface area (Å²) in [4.78, 5) is 6.74. The quantitative estimate of drug-likeness (QED) is 0.166. The second-order valence-electron chi connectivity index (χ2n) is 7.28. The largest absolute Gasteiger partial charge is 0.255 e. The van der Waals surface area contributed by atoms with Crippen LogP contribution in [0.5, 0.6) is 0 Å². The molecule has 146 valence electrons. The fourth-order valence-electron chi connectivity index (χ4n) is 3.55. The first-order chi connectivity index (χ1) is 12.4. The van der Waals surface area contributed by atoms with Gasteiger partial charge in [-0.15, -0.1) is 0 Å². The lowest BCUT2D eigenvalue weighted by Crippen LogP contribution is -2.12. The van der Waals surface area contributed by atoms with Crippen molar-refractivity contribution < 1.29 is 4.98 Å². The van der Waals surface area contributed by atoms with E-state index >= 15 is 0 Å². The van der Waals surface area contributed by atoms with E-state index in [0.29, 0.717) is 5.92 Å². The van der Waals surface area contributed by atoms with Crippen molar-refractivity contribution in [1.82, 2.24) is 4.98 Å². The van der Waals surface area contributed by atoms with Crippen LogP contribution in [0.15, 0.2) is 12.4 Å². The second kappa shape index (κ2) is 17.6. The number of aromatic amines is 2. The maximum Gasteiger partial charge on any atom is 0.255 e. The van der Waals surface area contributed by atoms with E-state index in [2.05, 4.69) is 41.8 Å². The molecule has 1 aromatic heterocycles. The minimum absolute atomic E-state index is 0.678. The first-order valence-electron chi connectivity index (χ1n) is 10.6. The third kappa shape index (κ3) is 13.1. The predicted molar refractivity (Wildman–Crippen MR) is 117 cm³/mol. The van der Waals surface area contributed by atoms with E-state index in [0.717, 1.165) is 5.33 Å². The molecule has 0 amide bonds. The first-order valence-corrected chi connectivity index (χ1v) is 12.8. The van der Waals surface area contributed by atoms with E-state index in [1.165, 1.54) is 107 Å². The topological polar surface area (TPSA) is 29.9 Å². The van der Waals surface area contributed by atoms with Crippen LogP contribution in [0.25, 0.3) is 0 Å². The Morgan fingerprint density at radius 2 is 1.16 bits per heavy atom. The summed E-state index contributed by atoms with van der Waals surface area (Å²) in [5.41, 5.74) is 0. The number of imidazole rings is 1. The molecule has 2 N–H and O–H groups in total. The van der Waals surface area contributed by atoms with E-state index < -0.39 is 0 Å². The van der Waals surface area contributed by atoms with Crippen molar-refractivity contribution in [3.8, 4) is 0 Å². The molecule has 1 heterocycles. The van der Waals surface area contributed by atoms with Crippen molar-refractivity contribution in [2.75, 3.05) is 10.7 Å². The Hall–Kier alpha value is 0.170. The van der Waals surface area contributed by atoms with Crippen molar-refractivity contribution in [2.45, 2.75) is 102 Å². The third-order valence-electron chi connectivity index (χ3n) is 5.09. The van der Waals surface area contributed by atoms with Crippen LogP contribution in [0.3, 0.4) is 0 Å². The number of alkyl halides is 2. The lowest BCUT2D eigenvalue weighted by molar-refractivity contribution is -0.391. The number of hydrogen-bond acceptors (Lipinski definition) is 0.